The van der Waals surface area contributed by atoms with Gasteiger partial charge in [-0.05, 0) is 62.9 Å². The summed E-state index contributed by atoms with van der Waals surface area (Å²) in [7, 11) is 0. The summed E-state index contributed by atoms with van der Waals surface area (Å²) in [6, 6.07) is 5.76. The SMILES string of the molecule is Cc1cnc(-c2ccc(C)nc2C(=O)N2CCCC[C@H]2CNc2ccc(C(F)(F)F)cn2)nc1. The third kappa shape index (κ3) is 5.32. The number of carbonyl (C=O) groups excluding carboxylic acids is 1. The van der Waals surface area contributed by atoms with Crippen molar-refractivity contribution in [2.45, 2.75) is 45.3 Å². The number of likely N-dealkylation sites (tertiary alicyclic amines) is 1. The van der Waals surface area contributed by atoms with E-state index in [1.165, 1.54) is 6.07 Å². The van der Waals surface area contributed by atoms with E-state index in [1.807, 2.05) is 26.0 Å². The van der Waals surface area contributed by atoms with Crippen LogP contribution in [-0.4, -0.2) is 49.9 Å². The number of nitrogens with one attached hydrogen (secondary N) is 1. The Morgan fingerprint density at radius 1 is 1.06 bits per heavy atom. The monoisotopic (exact) mass is 470 g/mol. The highest BCUT2D eigenvalue weighted by atomic mass is 19.4. The van der Waals surface area contributed by atoms with E-state index < -0.39 is 11.7 Å². The van der Waals surface area contributed by atoms with Gasteiger partial charge in [0.15, 0.2) is 5.82 Å². The molecule has 1 fully saturated rings. The van der Waals surface area contributed by atoms with Crippen LogP contribution in [0.2, 0.25) is 0 Å². The largest absolute Gasteiger partial charge is 0.417 e. The first-order valence-electron chi connectivity index (χ1n) is 11.1. The smallest absolute Gasteiger partial charge is 0.368 e. The maximum Gasteiger partial charge on any atom is 0.417 e. The summed E-state index contributed by atoms with van der Waals surface area (Å²) < 4.78 is 38.3. The van der Waals surface area contributed by atoms with Crippen molar-refractivity contribution in [2.75, 3.05) is 18.4 Å². The van der Waals surface area contributed by atoms with Gasteiger partial charge in [0.2, 0.25) is 0 Å². The maximum absolute atomic E-state index is 13.6. The summed E-state index contributed by atoms with van der Waals surface area (Å²) in [5.74, 6) is 0.547. The molecule has 0 radical (unpaired) electrons. The molecule has 1 N–H and O–H groups in total. The third-order valence-electron chi connectivity index (χ3n) is 5.76. The van der Waals surface area contributed by atoms with Crippen molar-refractivity contribution in [2.24, 2.45) is 0 Å². The number of hydrogen-bond acceptors (Lipinski definition) is 6. The van der Waals surface area contributed by atoms with Crippen LogP contribution in [-0.2, 0) is 6.18 Å². The van der Waals surface area contributed by atoms with Gasteiger partial charge in [-0.3, -0.25) is 4.79 Å². The Morgan fingerprint density at radius 2 is 1.82 bits per heavy atom. The number of aromatic nitrogens is 4. The Bertz CT molecular complexity index is 1150. The molecule has 0 saturated carbocycles. The van der Waals surface area contributed by atoms with Crippen LogP contribution in [0, 0.1) is 13.8 Å². The summed E-state index contributed by atoms with van der Waals surface area (Å²) in [4.78, 5) is 32.5. The number of rotatable bonds is 5. The highest BCUT2D eigenvalue weighted by molar-refractivity contribution is 5.98. The Labute approximate surface area is 195 Å². The molecular formula is C24H25F3N6O. The molecule has 1 saturated heterocycles. The summed E-state index contributed by atoms with van der Waals surface area (Å²) in [5.41, 5.74) is 1.68. The molecule has 0 bridgehead atoms. The normalized spacial score (nSPS) is 16.4. The Morgan fingerprint density at radius 3 is 2.50 bits per heavy atom. The zero-order valence-corrected chi connectivity index (χ0v) is 18.9. The average Bonchev–Trinajstić information content (AvgIpc) is 2.83. The number of piperidine rings is 1. The van der Waals surface area contributed by atoms with E-state index in [0.717, 1.165) is 37.1 Å². The zero-order chi connectivity index (χ0) is 24.3. The average molecular weight is 470 g/mol. The molecule has 1 aliphatic rings. The number of carbonyl (C=O) groups is 1. The van der Waals surface area contributed by atoms with Gasteiger partial charge in [-0.25, -0.2) is 19.9 Å². The second-order valence-electron chi connectivity index (χ2n) is 8.39. The maximum atomic E-state index is 13.6. The van der Waals surface area contributed by atoms with Crippen LogP contribution >= 0.6 is 0 Å². The molecular weight excluding hydrogens is 445 g/mol. The molecule has 1 amide bonds. The fourth-order valence-electron chi connectivity index (χ4n) is 3.94. The minimum absolute atomic E-state index is 0.153. The summed E-state index contributed by atoms with van der Waals surface area (Å²) in [5, 5.41) is 3.08. The Balaban J connectivity index is 1.54. The summed E-state index contributed by atoms with van der Waals surface area (Å²) >= 11 is 0. The van der Waals surface area contributed by atoms with Crippen LogP contribution < -0.4 is 5.32 Å². The van der Waals surface area contributed by atoms with Crippen molar-refractivity contribution >= 4 is 11.7 Å². The number of pyridine rings is 2. The van der Waals surface area contributed by atoms with Gasteiger partial charge < -0.3 is 10.2 Å². The lowest BCUT2D eigenvalue weighted by Crippen LogP contribution is -2.47. The quantitative estimate of drug-likeness (QED) is 0.583. The topological polar surface area (TPSA) is 83.9 Å². The van der Waals surface area contributed by atoms with Gasteiger partial charge in [0.1, 0.15) is 11.5 Å². The van der Waals surface area contributed by atoms with E-state index in [0.29, 0.717) is 41.7 Å². The van der Waals surface area contributed by atoms with Crippen LogP contribution in [0.1, 0.15) is 46.6 Å². The highest BCUT2D eigenvalue weighted by Crippen LogP contribution is 2.29. The van der Waals surface area contributed by atoms with Crippen LogP contribution in [0.25, 0.3) is 11.4 Å². The minimum atomic E-state index is -4.43. The van der Waals surface area contributed by atoms with Gasteiger partial charge in [-0.2, -0.15) is 13.2 Å². The van der Waals surface area contributed by atoms with E-state index in [9.17, 15) is 18.0 Å². The number of nitrogens with zero attached hydrogens (tertiary/aromatic N) is 5. The van der Waals surface area contributed by atoms with Gasteiger partial charge in [0.05, 0.1) is 11.1 Å². The second kappa shape index (κ2) is 9.74. The van der Waals surface area contributed by atoms with Crippen LogP contribution in [0.4, 0.5) is 19.0 Å². The molecule has 0 aliphatic carbocycles. The lowest BCUT2D eigenvalue weighted by atomic mass is 10.0. The molecule has 1 atom stereocenters. The number of aryl methyl sites for hydroxylation is 2. The lowest BCUT2D eigenvalue weighted by molar-refractivity contribution is -0.137. The van der Waals surface area contributed by atoms with Crippen LogP contribution in [0.3, 0.4) is 0 Å². The van der Waals surface area contributed by atoms with Gasteiger partial charge in [-0.1, -0.05) is 0 Å². The predicted octanol–water partition coefficient (Wildman–Crippen LogP) is 4.68. The van der Waals surface area contributed by atoms with Crippen molar-refractivity contribution < 1.29 is 18.0 Å². The molecule has 1 aliphatic heterocycles. The van der Waals surface area contributed by atoms with Gasteiger partial charge in [0, 0.05) is 43.4 Å². The molecule has 0 aromatic carbocycles. The van der Waals surface area contributed by atoms with E-state index in [4.69, 9.17) is 0 Å². The Kier molecular flexibility index (Phi) is 6.76. The molecule has 7 nitrogen and oxygen atoms in total. The van der Waals surface area contributed by atoms with Crippen molar-refractivity contribution in [1.29, 1.82) is 0 Å². The highest BCUT2D eigenvalue weighted by Gasteiger charge is 2.32. The molecule has 0 unspecified atom stereocenters. The number of halogens is 3. The molecule has 34 heavy (non-hydrogen) atoms. The van der Waals surface area contributed by atoms with Gasteiger partial charge in [-0.15, -0.1) is 0 Å². The van der Waals surface area contributed by atoms with Crippen molar-refractivity contribution in [1.82, 2.24) is 24.8 Å². The lowest BCUT2D eigenvalue weighted by Gasteiger charge is -2.36. The van der Waals surface area contributed by atoms with E-state index >= 15 is 0 Å². The fraction of sp³-hybridized carbons (Fsp3) is 0.375. The molecule has 4 heterocycles. The van der Waals surface area contributed by atoms with Gasteiger partial charge >= 0.3 is 6.18 Å². The van der Waals surface area contributed by atoms with E-state index in [-0.39, 0.29) is 11.9 Å². The molecule has 3 aromatic heterocycles. The molecule has 178 valence electrons. The number of alkyl halides is 3. The molecule has 3 aromatic rings. The first-order valence-corrected chi connectivity index (χ1v) is 11.1. The Hall–Kier alpha value is -3.56. The first-order chi connectivity index (χ1) is 16.2. The zero-order valence-electron chi connectivity index (χ0n) is 18.9. The summed E-state index contributed by atoms with van der Waals surface area (Å²) in [6.45, 7) is 4.64. The predicted molar refractivity (Wildman–Crippen MR) is 121 cm³/mol. The van der Waals surface area contributed by atoms with Crippen molar-refractivity contribution in [3.05, 3.63) is 65.4 Å². The van der Waals surface area contributed by atoms with Crippen molar-refractivity contribution in [3.8, 4) is 11.4 Å². The van der Waals surface area contributed by atoms with Crippen LogP contribution in [0.5, 0.6) is 0 Å². The number of hydrogen-bond donors (Lipinski definition) is 1. The standard InChI is InChI=1S/C24H25F3N6O/c1-15-11-30-22(31-12-15)19-8-6-16(2)32-21(19)23(34)33-10-4-3-5-18(33)14-29-20-9-7-17(13-28-20)24(25,26)27/h6-9,11-13,18H,3-5,10,14H2,1-2H3,(H,28,29)/t18-/m0/s1. The van der Waals surface area contributed by atoms with Gasteiger partial charge in [0.25, 0.3) is 5.91 Å². The third-order valence-corrected chi connectivity index (χ3v) is 5.76. The second-order valence-corrected chi connectivity index (χ2v) is 8.39. The van der Waals surface area contributed by atoms with Crippen LogP contribution in [0.15, 0.2) is 42.9 Å². The van der Waals surface area contributed by atoms with Crippen molar-refractivity contribution in [3.63, 3.8) is 0 Å². The fourth-order valence-corrected chi connectivity index (χ4v) is 3.94. The number of anilines is 1. The minimum Gasteiger partial charge on any atom is -0.368 e. The molecule has 4 rings (SSSR count). The number of amides is 1. The molecule has 0 spiro atoms. The first kappa shape index (κ1) is 23.6. The summed E-state index contributed by atoms with van der Waals surface area (Å²) in [6.07, 6.45) is 2.34. The van der Waals surface area contributed by atoms with E-state index in [1.54, 1.807) is 17.3 Å². The molecule has 10 heteroatoms. The van der Waals surface area contributed by atoms with E-state index in [2.05, 4.69) is 25.3 Å².